The van der Waals surface area contributed by atoms with Crippen molar-refractivity contribution >= 4 is 31.4 Å². The molecule has 1 fully saturated rings. The van der Waals surface area contributed by atoms with Crippen LogP contribution in [0, 0.1) is 19.8 Å². The Morgan fingerprint density at radius 2 is 1.86 bits per heavy atom. The van der Waals surface area contributed by atoms with Gasteiger partial charge >= 0.3 is 0 Å². The monoisotopic (exact) mass is 442 g/mol. The second-order valence-corrected chi connectivity index (χ2v) is 12.4. The second-order valence-electron chi connectivity index (χ2n) is 7.24. The third-order valence-corrected chi connectivity index (χ3v) is 9.29. The summed E-state index contributed by atoms with van der Waals surface area (Å²) in [6.07, 6.45) is 1.54. The van der Waals surface area contributed by atoms with Crippen LogP contribution in [0.4, 0.5) is 0 Å². The van der Waals surface area contributed by atoms with Crippen molar-refractivity contribution in [3.05, 3.63) is 51.7 Å². The van der Waals surface area contributed by atoms with Crippen molar-refractivity contribution in [2.45, 2.75) is 37.3 Å². The molecular formula is C19H26N2O4S3. The highest BCUT2D eigenvalue weighted by molar-refractivity contribution is 7.89. The van der Waals surface area contributed by atoms with Crippen LogP contribution in [0.15, 0.2) is 41.3 Å². The summed E-state index contributed by atoms with van der Waals surface area (Å²) in [6, 6.07) is 10.7. The molecule has 0 bridgehead atoms. The maximum Gasteiger partial charge on any atom is 0.244 e. The summed E-state index contributed by atoms with van der Waals surface area (Å²) in [6.45, 7) is 4.79. The molecule has 0 radical (unpaired) electrons. The van der Waals surface area contributed by atoms with E-state index in [9.17, 15) is 16.8 Å². The van der Waals surface area contributed by atoms with Crippen LogP contribution < -0.4 is 4.72 Å². The lowest BCUT2D eigenvalue weighted by Crippen LogP contribution is -2.43. The van der Waals surface area contributed by atoms with Gasteiger partial charge in [0.05, 0.1) is 10.6 Å². The molecule has 1 aliphatic rings. The fourth-order valence-corrected chi connectivity index (χ4v) is 7.81. The number of hydrogen-bond donors (Lipinski definition) is 1. The van der Waals surface area contributed by atoms with Crippen LogP contribution in [0.1, 0.15) is 28.2 Å². The molecule has 0 spiro atoms. The summed E-state index contributed by atoms with van der Waals surface area (Å²) >= 11 is 1.48. The number of nitrogens with one attached hydrogen (secondary N) is 1. The van der Waals surface area contributed by atoms with Crippen LogP contribution in [0.3, 0.4) is 0 Å². The van der Waals surface area contributed by atoms with E-state index in [0.29, 0.717) is 18.0 Å². The number of nitrogens with zero attached hydrogens (tertiary/aromatic N) is 1. The minimum atomic E-state index is -3.54. The van der Waals surface area contributed by atoms with Crippen LogP contribution >= 0.6 is 11.3 Å². The van der Waals surface area contributed by atoms with Crippen molar-refractivity contribution in [1.29, 1.82) is 0 Å². The minimum absolute atomic E-state index is 0.0332. The Morgan fingerprint density at radius 1 is 1.14 bits per heavy atom. The first kappa shape index (κ1) is 21.4. The summed E-state index contributed by atoms with van der Waals surface area (Å²) < 4.78 is 54.9. The molecule has 2 aromatic rings. The van der Waals surface area contributed by atoms with E-state index in [1.165, 1.54) is 15.6 Å². The number of hydrogen-bond acceptors (Lipinski definition) is 5. The Morgan fingerprint density at radius 3 is 2.50 bits per heavy atom. The van der Waals surface area contributed by atoms with Gasteiger partial charge in [-0.05, 0) is 44.2 Å². The first-order chi connectivity index (χ1) is 13.2. The smallest absolute Gasteiger partial charge is 0.215 e. The summed E-state index contributed by atoms with van der Waals surface area (Å²) in [7, 11) is -7.00. The Hall–Kier alpha value is -1.26. The van der Waals surface area contributed by atoms with Gasteiger partial charge in [0.25, 0.3) is 0 Å². The van der Waals surface area contributed by atoms with Crippen molar-refractivity contribution in [1.82, 2.24) is 9.03 Å². The van der Waals surface area contributed by atoms with E-state index < -0.39 is 20.0 Å². The van der Waals surface area contributed by atoms with Crippen molar-refractivity contribution in [2.75, 3.05) is 19.6 Å². The van der Waals surface area contributed by atoms with E-state index in [-0.39, 0.29) is 18.2 Å². The number of piperidine rings is 1. The average molecular weight is 443 g/mol. The zero-order chi connectivity index (χ0) is 20.4. The molecule has 0 saturated carbocycles. The van der Waals surface area contributed by atoms with Crippen LogP contribution in [0.5, 0.6) is 0 Å². The molecule has 1 aliphatic heterocycles. The van der Waals surface area contributed by atoms with E-state index in [1.807, 2.05) is 32.0 Å². The first-order valence-corrected chi connectivity index (χ1v) is 13.2. The number of aryl methyl sites for hydroxylation is 2. The lowest BCUT2D eigenvalue weighted by atomic mass is 10.0. The zero-order valence-electron chi connectivity index (χ0n) is 16.1. The SMILES string of the molecule is Cc1cc(S(=O)(=O)N2CCC[C@H](CNS(=O)(=O)Cc3ccccc3)C2)c(C)s1. The van der Waals surface area contributed by atoms with Crippen molar-refractivity contribution in [2.24, 2.45) is 5.92 Å². The summed E-state index contributed by atoms with van der Waals surface area (Å²) in [5.41, 5.74) is 0.728. The third kappa shape index (κ3) is 5.21. The molecule has 6 nitrogen and oxygen atoms in total. The highest BCUT2D eigenvalue weighted by atomic mass is 32.2. The van der Waals surface area contributed by atoms with Gasteiger partial charge in [-0.2, -0.15) is 4.31 Å². The van der Waals surface area contributed by atoms with Crippen LogP contribution in [-0.2, 0) is 25.8 Å². The standard InChI is InChI=1S/C19H26N2O4S3/c1-15-11-19(16(2)26-15)28(24,25)21-10-6-9-18(13-21)12-20-27(22,23)14-17-7-4-3-5-8-17/h3-5,7-8,11,18,20H,6,9-10,12-14H2,1-2H3/t18-/m1/s1. The molecule has 1 aromatic carbocycles. The van der Waals surface area contributed by atoms with Gasteiger partial charge in [-0.15, -0.1) is 11.3 Å². The molecule has 9 heteroatoms. The molecule has 0 unspecified atom stereocenters. The van der Waals surface area contributed by atoms with Gasteiger partial charge in [0, 0.05) is 29.4 Å². The quantitative estimate of drug-likeness (QED) is 0.715. The molecule has 1 N–H and O–H groups in total. The molecular weight excluding hydrogens is 416 g/mol. The van der Waals surface area contributed by atoms with Crippen LogP contribution in [0.25, 0.3) is 0 Å². The predicted octanol–water partition coefficient (Wildman–Crippen LogP) is 2.89. The fourth-order valence-electron chi connectivity index (χ4n) is 3.50. The molecule has 28 heavy (non-hydrogen) atoms. The topological polar surface area (TPSA) is 83.6 Å². The molecule has 2 heterocycles. The summed E-state index contributed by atoms with van der Waals surface area (Å²) in [4.78, 5) is 2.14. The lowest BCUT2D eigenvalue weighted by molar-refractivity contribution is 0.267. The van der Waals surface area contributed by atoms with Gasteiger partial charge in [0.2, 0.25) is 20.0 Å². The van der Waals surface area contributed by atoms with Gasteiger partial charge in [0.15, 0.2) is 0 Å². The van der Waals surface area contributed by atoms with Gasteiger partial charge in [-0.3, -0.25) is 0 Å². The van der Waals surface area contributed by atoms with E-state index in [0.717, 1.165) is 28.2 Å². The van der Waals surface area contributed by atoms with Gasteiger partial charge < -0.3 is 0 Å². The maximum absolute atomic E-state index is 13.0. The average Bonchev–Trinajstić information content (AvgIpc) is 3.00. The van der Waals surface area contributed by atoms with Crippen LogP contribution in [0.2, 0.25) is 0 Å². The number of benzene rings is 1. The van der Waals surface area contributed by atoms with E-state index >= 15 is 0 Å². The predicted molar refractivity (Wildman–Crippen MR) is 112 cm³/mol. The lowest BCUT2D eigenvalue weighted by Gasteiger charge is -2.32. The molecule has 1 atom stereocenters. The Kier molecular flexibility index (Phi) is 6.61. The molecule has 0 amide bonds. The minimum Gasteiger partial charge on any atom is -0.215 e. The second kappa shape index (κ2) is 8.62. The summed E-state index contributed by atoms with van der Waals surface area (Å²) in [5, 5.41) is 0. The molecule has 3 rings (SSSR count). The van der Waals surface area contributed by atoms with Crippen molar-refractivity contribution < 1.29 is 16.8 Å². The summed E-state index contributed by atoms with van der Waals surface area (Å²) in [5.74, 6) is -0.107. The highest BCUT2D eigenvalue weighted by Crippen LogP contribution is 2.30. The van der Waals surface area contributed by atoms with Crippen molar-refractivity contribution in [3.8, 4) is 0 Å². The van der Waals surface area contributed by atoms with Crippen LogP contribution in [-0.4, -0.2) is 40.8 Å². The van der Waals surface area contributed by atoms with Gasteiger partial charge in [-0.25, -0.2) is 21.6 Å². The number of thiophene rings is 1. The Labute approximate surface area is 171 Å². The zero-order valence-corrected chi connectivity index (χ0v) is 18.5. The first-order valence-electron chi connectivity index (χ1n) is 9.26. The molecule has 0 aliphatic carbocycles. The van der Waals surface area contributed by atoms with E-state index in [4.69, 9.17) is 0 Å². The number of sulfonamides is 2. The molecule has 1 saturated heterocycles. The van der Waals surface area contributed by atoms with Crippen molar-refractivity contribution in [3.63, 3.8) is 0 Å². The van der Waals surface area contributed by atoms with Gasteiger partial charge in [-0.1, -0.05) is 30.3 Å². The maximum atomic E-state index is 13.0. The molecule has 1 aromatic heterocycles. The van der Waals surface area contributed by atoms with Gasteiger partial charge in [0.1, 0.15) is 0 Å². The largest absolute Gasteiger partial charge is 0.244 e. The van der Waals surface area contributed by atoms with E-state index in [2.05, 4.69) is 4.72 Å². The fraction of sp³-hybridized carbons (Fsp3) is 0.474. The Balaban J connectivity index is 1.63. The normalized spacial score (nSPS) is 19.0. The molecule has 154 valence electrons. The third-order valence-electron chi connectivity index (χ3n) is 4.89. The van der Waals surface area contributed by atoms with E-state index in [1.54, 1.807) is 18.2 Å². The number of rotatable bonds is 7. The highest BCUT2D eigenvalue weighted by Gasteiger charge is 2.32. The Bertz CT molecular complexity index is 1010.